The fourth-order valence-electron chi connectivity index (χ4n) is 2.31. The Morgan fingerprint density at radius 2 is 2.12 bits per heavy atom. The van der Waals surface area contributed by atoms with Crippen LogP contribution in [-0.2, 0) is 17.5 Å². The highest BCUT2D eigenvalue weighted by atomic mass is 32.1. The molecule has 0 unspecified atom stereocenters. The van der Waals surface area contributed by atoms with Crippen molar-refractivity contribution in [1.82, 2.24) is 15.0 Å². The number of aryl methyl sites for hydroxylation is 1. The maximum atomic E-state index is 13.2. The van der Waals surface area contributed by atoms with Gasteiger partial charge < -0.3 is 4.57 Å². The van der Waals surface area contributed by atoms with Crippen LogP contribution in [0.2, 0.25) is 0 Å². The molecule has 0 aliphatic heterocycles. The fraction of sp³-hybridized carbons (Fsp3) is 0.188. The van der Waals surface area contributed by atoms with Gasteiger partial charge in [0, 0.05) is 4.88 Å². The molecule has 1 amide bonds. The van der Waals surface area contributed by atoms with E-state index in [9.17, 15) is 18.0 Å². The van der Waals surface area contributed by atoms with Gasteiger partial charge in [-0.25, -0.2) is 10.4 Å². The summed E-state index contributed by atoms with van der Waals surface area (Å²) in [6.07, 6.45) is -3.19. The third kappa shape index (κ3) is 3.71. The van der Waals surface area contributed by atoms with Crippen LogP contribution < -0.4 is 5.43 Å². The number of benzene rings is 1. The Hall–Kier alpha value is -2.68. The van der Waals surface area contributed by atoms with Crippen LogP contribution in [0.3, 0.4) is 0 Å². The smallest absolute Gasteiger partial charge is 0.311 e. The van der Waals surface area contributed by atoms with E-state index in [2.05, 4.69) is 15.5 Å². The van der Waals surface area contributed by atoms with E-state index in [0.717, 1.165) is 15.0 Å². The van der Waals surface area contributed by atoms with Gasteiger partial charge in [0.05, 0.1) is 17.2 Å². The van der Waals surface area contributed by atoms with Gasteiger partial charge in [-0.15, -0.1) is 11.3 Å². The molecular formula is C16H13F3N4OS. The number of amides is 1. The number of hydrogen-bond donors (Lipinski definition) is 1. The number of nitrogens with zero attached hydrogens (tertiary/aromatic N) is 3. The molecule has 0 saturated carbocycles. The zero-order valence-corrected chi connectivity index (χ0v) is 13.9. The summed E-state index contributed by atoms with van der Waals surface area (Å²) in [5, 5.41) is 5.68. The van der Waals surface area contributed by atoms with Crippen molar-refractivity contribution in [1.29, 1.82) is 0 Å². The van der Waals surface area contributed by atoms with Crippen molar-refractivity contribution in [3.8, 4) is 0 Å². The van der Waals surface area contributed by atoms with E-state index in [1.807, 2.05) is 18.4 Å². The molecule has 0 aliphatic carbocycles. The average Bonchev–Trinajstić information content (AvgIpc) is 3.12. The number of hydrazone groups is 1. The Morgan fingerprint density at radius 3 is 2.80 bits per heavy atom. The largest absolute Gasteiger partial charge is 0.449 e. The van der Waals surface area contributed by atoms with Gasteiger partial charge in [-0.05, 0) is 36.1 Å². The first-order valence-corrected chi connectivity index (χ1v) is 8.12. The lowest BCUT2D eigenvalue weighted by Gasteiger charge is -2.10. The summed E-state index contributed by atoms with van der Waals surface area (Å²) in [6, 6.07) is 8.05. The Bertz CT molecular complexity index is 942. The van der Waals surface area contributed by atoms with E-state index in [1.165, 1.54) is 29.7 Å². The topological polar surface area (TPSA) is 59.3 Å². The first-order chi connectivity index (χ1) is 11.9. The minimum atomic E-state index is -4.66. The monoisotopic (exact) mass is 366 g/mol. The number of imidazole rings is 1. The summed E-state index contributed by atoms with van der Waals surface area (Å²) in [5.41, 5.74) is 3.67. The minimum absolute atomic E-state index is 0.181. The highest BCUT2D eigenvalue weighted by molar-refractivity contribution is 7.11. The number of thiophene rings is 1. The molecule has 9 heteroatoms. The number of carbonyl (C=O) groups is 1. The molecule has 25 heavy (non-hydrogen) atoms. The quantitative estimate of drug-likeness (QED) is 0.567. The van der Waals surface area contributed by atoms with E-state index < -0.39 is 24.5 Å². The summed E-state index contributed by atoms with van der Waals surface area (Å²) in [6.45, 7) is 1.36. The van der Waals surface area contributed by atoms with Crippen LogP contribution in [0.25, 0.3) is 11.0 Å². The number of aromatic nitrogens is 2. The molecule has 130 valence electrons. The molecule has 5 nitrogen and oxygen atoms in total. The molecule has 0 bridgehead atoms. The number of fused-ring (bicyclic) bond motifs is 1. The van der Waals surface area contributed by atoms with E-state index in [1.54, 1.807) is 12.1 Å². The summed E-state index contributed by atoms with van der Waals surface area (Å²) in [5.74, 6) is -1.78. The van der Waals surface area contributed by atoms with Crippen LogP contribution in [0.5, 0.6) is 0 Å². The molecule has 2 heterocycles. The van der Waals surface area contributed by atoms with Crippen LogP contribution in [-0.4, -0.2) is 21.7 Å². The van der Waals surface area contributed by atoms with Gasteiger partial charge in [-0.3, -0.25) is 4.79 Å². The van der Waals surface area contributed by atoms with Gasteiger partial charge in [-0.1, -0.05) is 12.1 Å². The Labute approximate surface area is 144 Å². The second-order valence-electron chi connectivity index (χ2n) is 5.27. The molecule has 2 aromatic heterocycles. The lowest BCUT2D eigenvalue weighted by molar-refractivity contribution is -0.147. The van der Waals surface area contributed by atoms with Crippen molar-refractivity contribution in [2.24, 2.45) is 5.10 Å². The molecule has 1 aromatic carbocycles. The Balaban J connectivity index is 1.81. The summed E-state index contributed by atoms with van der Waals surface area (Å²) < 4.78 is 40.4. The molecule has 0 radical (unpaired) electrons. The maximum absolute atomic E-state index is 13.2. The number of carbonyl (C=O) groups excluding carboxylic acids is 1. The highest BCUT2D eigenvalue weighted by Gasteiger charge is 2.37. The molecule has 0 fully saturated rings. The molecule has 0 aliphatic rings. The first kappa shape index (κ1) is 17.2. The number of alkyl halides is 3. The van der Waals surface area contributed by atoms with Crippen molar-refractivity contribution >= 4 is 34.5 Å². The van der Waals surface area contributed by atoms with Crippen molar-refractivity contribution in [3.05, 3.63) is 52.0 Å². The molecule has 3 aromatic rings. The SMILES string of the molecule is Cc1ccsc1C=NNC(=O)Cn1c(C(F)(F)F)nc2ccccc21. The lowest BCUT2D eigenvalue weighted by Crippen LogP contribution is -2.26. The van der Waals surface area contributed by atoms with Crippen molar-refractivity contribution in [2.75, 3.05) is 0 Å². The molecule has 0 saturated heterocycles. The van der Waals surface area contributed by atoms with Crippen LogP contribution in [0, 0.1) is 6.92 Å². The number of hydrogen-bond acceptors (Lipinski definition) is 4. The second kappa shape index (κ2) is 6.67. The van der Waals surface area contributed by atoms with Crippen LogP contribution in [0.4, 0.5) is 13.2 Å². The van der Waals surface area contributed by atoms with Gasteiger partial charge in [0.15, 0.2) is 0 Å². The first-order valence-electron chi connectivity index (χ1n) is 7.24. The summed E-state index contributed by atoms with van der Waals surface area (Å²) in [4.78, 5) is 16.5. The maximum Gasteiger partial charge on any atom is 0.449 e. The Kier molecular flexibility index (Phi) is 4.58. The van der Waals surface area contributed by atoms with Crippen molar-refractivity contribution in [2.45, 2.75) is 19.6 Å². The number of para-hydroxylation sites is 2. The summed E-state index contributed by atoms with van der Waals surface area (Å²) >= 11 is 1.45. The van der Waals surface area contributed by atoms with E-state index in [0.29, 0.717) is 0 Å². The lowest BCUT2D eigenvalue weighted by atomic mass is 10.3. The van der Waals surface area contributed by atoms with Gasteiger partial charge in [0.2, 0.25) is 5.82 Å². The third-order valence-corrected chi connectivity index (χ3v) is 4.44. The van der Waals surface area contributed by atoms with E-state index in [-0.39, 0.29) is 11.0 Å². The van der Waals surface area contributed by atoms with Crippen molar-refractivity contribution < 1.29 is 18.0 Å². The zero-order valence-electron chi connectivity index (χ0n) is 13.0. The van der Waals surface area contributed by atoms with Gasteiger partial charge in [0.1, 0.15) is 6.54 Å². The fourth-order valence-corrected chi connectivity index (χ4v) is 3.10. The standard InChI is InChI=1S/C16H13F3N4OS/c1-10-6-7-25-13(10)8-20-22-14(24)9-23-12-5-3-2-4-11(12)21-15(23)16(17,18)19/h2-8H,9H2,1H3,(H,22,24). The van der Waals surface area contributed by atoms with Crippen LogP contribution in [0.1, 0.15) is 16.3 Å². The zero-order chi connectivity index (χ0) is 18.0. The Morgan fingerprint density at radius 1 is 1.36 bits per heavy atom. The number of halogens is 3. The van der Waals surface area contributed by atoms with E-state index >= 15 is 0 Å². The van der Waals surface area contributed by atoms with Gasteiger partial charge in [0.25, 0.3) is 5.91 Å². The molecule has 0 spiro atoms. The van der Waals surface area contributed by atoms with Crippen LogP contribution in [0.15, 0.2) is 40.8 Å². The molecular weight excluding hydrogens is 353 g/mol. The molecule has 3 rings (SSSR count). The number of nitrogens with one attached hydrogen (secondary N) is 1. The molecule has 1 N–H and O–H groups in total. The molecule has 0 atom stereocenters. The van der Waals surface area contributed by atoms with Crippen LogP contribution >= 0.6 is 11.3 Å². The predicted octanol–water partition coefficient (Wildman–Crippen LogP) is 3.58. The third-order valence-electron chi connectivity index (χ3n) is 3.48. The predicted molar refractivity (Wildman–Crippen MR) is 89.5 cm³/mol. The summed E-state index contributed by atoms with van der Waals surface area (Å²) in [7, 11) is 0. The highest BCUT2D eigenvalue weighted by Crippen LogP contribution is 2.31. The van der Waals surface area contributed by atoms with Crippen molar-refractivity contribution in [3.63, 3.8) is 0 Å². The normalized spacial score (nSPS) is 12.2. The second-order valence-corrected chi connectivity index (χ2v) is 6.22. The van der Waals surface area contributed by atoms with Gasteiger partial charge in [-0.2, -0.15) is 18.3 Å². The minimum Gasteiger partial charge on any atom is -0.311 e. The van der Waals surface area contributed by atoms with E-state index in [4.69, 9.17) is 0 Å². The number of rotatable bonds is 4. The average molecular weight is 366 g/mol. The van der Waals surface area contributed by atoms with Gasteiger partial charge >= 0.3 is 6.18 Å².